The van der Waals surface area contributed by atoms with Crippen molar-refractivity contribution in [2.24, 2.45) is 0 Å². The maximum Gasteiger partial charge on any atom is 0.128 e. The van der Waals surface area contributed by atoms with E-state index in [4.69, 9.17) is 10.4 Å². The summed E-state index contributed by atoms with van der Waals surface area (Å²) in [4.78, 5) is 0. The molecule has 0 saturated heterocycles. The van der Waals surface area contributed by atoms with E-state index in [9.17, 15) is 4.39 Å². The maximum atomic E-state index is 13.2. The SMILES string of the molecule is N#CCc1ccc(C#CCO)cc1F. The van der Waals surface area contributed by atoms with Crippen LogP contribution in [0.3, 0.4) is 0 Å². The first-order valence-corrected chi connectivity index (χ1v) is 4.03. The van der Waals surface area contributed by atoms with E-state index in [1.165, 1.54) is 12.1 Å². The Morgan fingerprint density at radius 2 is 2.21 bits per heavy atom. The Bertz CT molecular complexity index is 423. The van der Waals surface area contributed by atoms with Gasteiger partial charge in [-0.3, -0.25) is 0 Å². The molecule has 0 atom stereocenters. The van der Waals surface area contributed by atoms with E-state index in [0.29, 0.717) is 11.1 Å². The molecule has 0 radical (unpaired) electrons. The van der Waals surface area contributed by atoms with Gasteiger partial charge in [-0.05, 0) is 12.1 Å². The van der Waals surface area contributed by atoms with E-state index >= 15 is 0 Å². The minimum Gasteiger partial charge on any atom is -0.384 e. The molecule has 0 aliphatic heterocycles. The van der Waals surface area contributed by atoms with E-state index in [-0.39, 0.29) is 13.0 Å². The number of aliphatic hydroxyl groups is 1. The van der Waals surface area contributed by atoms with Crippen LogP contribution >= 0.6 is 0 Å². The molecule has 0 aliphatic rings. The summed E-state index contributed by atoms with van der Waals surface area (Å²) in [7, 11) is 0. The van der Waals surface area contributed by atoms with Gasteiger partial charge in [-0.15, -0.1) is 0 Å². The molecule has 0 spiro atoms. The monoisotopic (exact) mass is 189 g/mol. The van der Waals surface area contributed by atoms with Gasteiger partial charge in [0.1, 0.15) is 12.4 Å². The Morgan fingerprint density at radius 1 is 1.43 bits per heavy atom. The smallest absolute Gasteiger partial charge is 0.128 e. The molecule has 0 saturated carbocycles. The molecule has 14 heavy (non-hydrogen) atoms. The largest absolute Gasteiger partial charge is 0.384 e. The van der Waals surface area contributed by atoms with Crippen molar-refractivity contribution in [1.29, 1.82) is 5.26 Å². The lowest BCUT2D eigenvalue weighted by molar-refractivity contribution is 0.350. The second-order valence-corrected chi connectivity index (χ2v) is 2.60. The number of halogens is 1. The van der Waals surface area contributed by atoms with Crippen LogP contribution in [0.15, 0.2) is 18.2 Å². The fraction of sp³-hybridized carbons (Fsp3) is 0.182. The molecule has 1 N–H and O–H groups in total. The summed E-state index contributed by atoms with van der Waals surface area (Å²) in [5, 5.41) is 16.8. The summed E-state index contributed by atoms with van der Waals surface area (Å²) in [6, 6.07) is 6.28. The van der Waals surface area contributed by atoms with Gasteiger partial charge in [-0.1, -0.05) is 17.9 Å². The number of benzene rings is 1. The topological polar surface area (TPSA) is 44.0 Å². The first-order valence-electron chi connectivity index (χ1n) is 4.03. The molecule has 3 heteroatoms. The van der Waals surface area contributed by atoms with Gasteiger partial charge in [-0.25, -0.2) is 4.39 Å². The van der Waals surface area contributed by atoms with Gasteiger partial charge < -0.3 is 5.11 Å². The molecule has 70 valence electrons. The van der Waals surface area contributed by atoms with Gasteiger partial charge >= 0.3 is 0 Å². The van der Waals surface area contributed by atoms with E-state index in [2.05, 4.69) is 11.8 Å². The third-order valence-corrected chi connectivity index (χ3v) is 1.63. The average molecular weight is 189 g/mol. The molecule has 2 nitrogen and oxygen atoms in total. The third kappa shape index (κ3) is 2.58. The van der Waals surface area contributed by atoms with Crippen molar-refractivity contribution in [1.82, 2.24) is 0 Å². The fourth-order valence-corrected chi connectivity index (χ4v) is 0.995. The molecule has 0 bridgehead atoms. The highest BCUT2D eigenvalue weighted by Crippen LogP contribution is 2.09. The van der Waals surface area contributed by atoms with Crippen LogP contribution < -0.4 is 0 Å². The van der Waals surface area contributed by atoms with Crippen molar-refractivity contribution in [3.8, 4) is 17.9 Å². The predicted molar refractivity (Wildman–Crippen MR) is 49.7 cm³/mol. The Morgan fingerprint density at radius 3 is 2.79 bits per heavy atom. The van der Waals surface area contributed by atoms with Gasteiger partial charge in [0.15, 0.2) is 0 Å². The van der Waals surface area contributed by atoms with Crippen LogP contribution in [-0.2, 0) is 6.42 Å². The van der Waals surface area contributed by atoms with Crippen LogP contribution in [0.5, 0.6) is 0 Å². The maximum absolute atomic E-state index is 13.2. The zero-order valence-corrected chi connectivity index (χ0v) is 7.42. The Kier molecular flexibility index (Phi) is 3.67. The highest BCUT2D eigenvalue weighted by molar-refractivity contribution is 5.37. The van der Waals surface area contributed by atoms with Crippen molar-refractivity contribution < 1.29 is 9.50 Å². The number of nitrogens with zero attached hydrogens (tertiary/aromatic N) is 1. The molecule has 0 fully saturated rings. The summed E-state index contributed by atoms with van der Waals surface area (Å²) < 4.78 is 13.2. The van der Waals surface area contributed by atoms with Gasteiger partial charge in [-0.2, -0.15) is 5.26 Å². The van der Waals surface area contributed by atoms with E-state index in [1.54, 1.807) is 6.07 Å². The van der Waals surface area contributed by atoms with Gasteiger partial charge in [0, 0.05) is 11.1 Å². The minimum atomic E-state index is -0.434. The summed E-state index contributed by atoms with van der Waals surface area (Å²) in [5.74, 6) is 4.56. The summed E-state index contributed by atoms with van der Waals surface area (Å²) in [6.45, 7) is -0.248. The third-order valence-electron chi connectivity index (χ3n) is 1.63. The lowest BCUT2D eigenvalue weighted by Crippen LogP contribution is -1.89. The lowest BCUT2D eigenvalue weighted by Gasteiger charge is -1.97. The molecule has 0 aliphatic carbocycles. The number of nitriles is 1. The van der Waals surface area contributed by atoms with Crippen molar-refractivity contribution in [2.75, 3.05) is 6.61 Å². The number of rotatable bonds is 1. The molecule has 1 aromatic carbocycles. The van der Waals surface area contributed by atoms with Gasteiger partial charge in [0.2, 0.25) is 0 Å². The molecule has 0 amide bonds. The molecular formula is C11H8FNO. The molecule has 1 aromatic rings. The van der Waals surface area contributed by atoms with Crippen LogP contribution in [-0.4, -0.2) is 11.7 Å². The van der Waals surface area contributed by atoms with E-state index in [0.717, 1.165) is 0 Å². The van der Waals surface area contributed by atoms with Crippen molar-refractivity contribution in [3.05, 3.63) is 35.1 Å². The lowest BCUT2D eigenvalue weighted by atomic mass is 10.1. The first kappa shape index (κ1) is 10.2. The zero-order valence-electron chi connectivity index (χ0n) is 7.42. The number of hydrogen-bond acceptors (Lipinski definition) is 2. The molecule has 1 rings (SSSR count). The van der Waals surface area contributed by atoms with Crippen molar-refractivity contribution in [2.45, 2.75) is 6.42 Å². The Hall–Kier alpha value is -1.84. The standard InChI is InChI=1S/C11H8FNO/c12-11-8-9(2-1-7-14)3-4-10(11)5-6-13/h3-4,8,14H,5,7H2. The van der Waals surface area contributed by atoms with Crippen molar-refractivity contribution in [3.63, 3.8) is 0 Å². The minimum absolute atomic E-state index is 0.0551. The Labute approximate surface area is 81.6 Å². The van der Waals surface area contributed by atoms with Crippen LogP contribution in [0.2, 0.25) is 0 Å². The molecule has 0 heterocycles. The quantitative estimate of drug-likeness (QED) is 0.675. The van der Waals surface area contributed by atoms with Crippen LogP contribution in [0.25, 0.3) is 0 Å². The second-order valence-electron chi connectivity index (χ2n) is 2.60. The van der Waals surface area contributed by atoms with Gasteiger partial charge in [0.05, 0.1) is 12.5 Å². The van der Waals surface area contributed by atoms with Crippen LogP contribution in [0.1, 0.15) is 11.1 Å². The van der Waals surface area contributed by atoms with Crippen LogP contribution in [0.4, 0.5) is 4.39 Å². The number of aliphatic hydroxyl groups excluding tert-OH is 1. The molecule has 0 aromatic heterocycles. The van der Waals surface area contributed by atoms with Gasteiger partial charge in [0.25, 0.3) is 0 Å². The summed E-state index contributed by atoms with van der Waals surface area (Å²) in [6.07, 6.45) is 0.0551. The molecule has 0 unspecified atom stereocenters. The second kappa shape index (κ2) is 5.01. The van der Waals surface area contributed by atoms with E-state index in [1.807, 2.05) is 6.07 Å². The van der Waals surface area contributed by atoms with Crippen LogP contribution in [0, 0.1) is 29.0 Å². The molecular weight excluding hydrogens is 181 g/mol. The fourth-order valence-electron chi connectivity index (χ4n) is 0.995. The Balaban J connectivity index is 2.95. The zero-order chi connectivity index (χ0) is 10.4. The van der Waals surface area contributed by atoms with Crippen molar-refractivity contribution >= 4 is 0 Å². The first-order chi connectivity index (χ1) is 6.77. The highest BCUT2D eigenvalue weighted by Gasteiger charge is 2.01. The summed E-state index contributed by atoms with van der Waals surface area (Å²) in [5.41, 5.74) is 0.861. The van der Waals surface area contributed by atoms with E-state index < -0.39 is 5.82 Å². The normalized spacial score (nSPS) is 8.64. The summed E-state index contributed by atoms with van der Waals surface area (Å²) >= 11 is 0. The predicted octanol–water partition coefficient (Wildman–Crippen LogP) is 1.24. The average Bonchev–Trinajstić information content (AvgIpc) is 2.19. The highest BCUT2D eigenvalue weighted by atomic mass is 19.1. The number of hydrogen-bond donors (Lipinski definition) is 1.